The van der Waals surface area contributed by atoms with E-state index < -0.39 is 0 Å². The molecule has 0 radical (unpaired) electrons. The molecule has 1 aromatic heterocycles. The Bertz CT molecular complexity index is 697. The molecule has 2 aromatic rings. The van der Waals surface area contributed by atoms with Crippen molar-refractivity contribution in [2.45, 2.75) is 29.9 Å². The summed E-state index contributed by atoms with van der Waals surface area (Å²) in [5, 5.41) is 12.6. The van der Waals surface area contributed by atoms with E-state index in [1.165, 1.54) is 23.1 Å². The maximum absolute atomic E-state index is 11.5. The normalized spacial score (nSPS) is 17.6. The summed E-state index contributed by atoms with van der Waals surface area (Å²) in [6.07, 6.45) is 0.717. The number of rotatable bonds is 4. The smallest absolute Gasteiger partial charge is 0.319 e. The van der Waals surface area contributed by atoms with E-state index in [0.29, 0.717) is 16.8 Å². The molecular formula is C14H14ClN3O2S2. The maximum atomic E-state index is 11.5. The molecule has 1 N–H and O–H groups in total. The molecule has 0 aliphatic carbocycles. The summed E-state index contributed by atoms with van der Waals surface area (Å²) in [5.74, 6) is -0.174. The van der Waals surface area contributed by atoms with Gasteiger partial charge < -0.3 is 10.1 Å². The van der Waals surface area contributed by atoms with Crippen molar-refractivity contribution in [2.24, 2.45) is 0 Å². The van der Waals surface area contributed by atoms with Crippen LogP contribution in [0.1, 0.15) is 17.5 Å². The van der Waals surface area contributed by atoms with Gasteiger partial charge in [-0.1, -0.05) is 40.8 Å². The Morgan fingerprint density at radius 2 is 2.23 bits per heavy atom. The van der Waals surface area contributed by atoms with Crippen LogP contribution >= 0.6 is 34.7 Å². The Balaban J connectivity index is 1.73. The predicted octanol–water partition coefficient (Wildman–Crippen LogP) is 3.96. The van der Waals surface area contributed by atoms with Crippen LogP contribution in [0.25, 0.3) is 0 Å². The fourth-order valence-electron chi connectivity index (χ4n) is 2.19. The van der Waals surface area contributed by atoms with Gasteiger partial charge in [-0.2, -0.15) is 0 Å². The highest BCUT2D eigenvalue weighted by Gasteiger charge is 2.28. The number of halogens is 1. The number of aryl methyl sites for hydroxylation is 2. The van der Waals surface area contributed by atoms with Gasteiger partial charge in [0.05, 0.1) is 17.3 Å². The summed E-state index contributed by atoms with van der Waals surface area (Å²) < 4.78 is 5.69. The number of benzene rings is 1. The molecule has 5 nitrogen and oxygen atoms in total. The molecule has 1 aliphatic heterocycles. The first kappa shape index (κ1) is 15.6. The van der Waals surface area contributed by atoms with Gasteiger partial charge in [0.25, 0.3) is 0 Å². The third kappa shape index (κ3) is 3.37. The van der Waals surface area contributed by atoms with Crippen molar-refractivity contribution in [3.8, 4) is 0 Å². The highest BCUT2D eigenvalue weighted by molar-refractivity contribution is 8.02. The second-order valence-corrected chi connectivity index (χ2v) is 7.83. The number of esters is 1. The van der Waals surface area contributed by atoms with Crippen LogP contribution < -0.4 is 5.32 Å². The summed E-state index contributed by atoms with van der Waals surface area (Å²) in [5.41, 5.74) is 3.00. The summed E-state index contributed by atoms with van der Waals surface area (Å²) in [4.78, 5) is 11.5. The van der Waals surface area contributed by atoms with Crippen LogP contribution in [0.5, 0.6) is 0 Å². The van der Waals surface area contributed by atoms with Gasteiger partial charge in [-0.25, -0.2) is 0 Å². The van der Waals surface area contributed by atoms with Crippen molar-refractivity contribution in [3.63, 3.8) is 0 Å². The average Bonchev–Trinajstić information content (AvgIpc) is 3.05. The third-order valence-corrected chi connectivity index (χ3v) is 5.67. The van der Waals surface area contributed by atoms with E-state index >= 15 is 0 Å². The van der Waals surface area contributed by atoms with Crippen LogP contribution in [0.3, 0.4) is 0 Å². The molecule has 0 bridgehead atoms. The first-order valence-electron chi connectivity index (χ1n) is 6.73. The minimum absolute atomic E-state index is 0.174. The number of hydrogen-bond acceptors (Lipinski definition) is 7. The van der Waals surface area contributed by atoms with Gasteiger partial charge >= 0.3 is 5.97 Å². The first-order valence-corrected chi connectivity index (χ1v) is 8.81. The highest BCUT2D eigenvalue weighted by Crippen LogP contribution is 2.36. The Labute approximate surface area is 141 Å². The molecule has 3 rings (SSSR count). The van der Waals surface area contributed by atoms with Crippen LogP contribution in [0.15, 0.2) is 16.5 Å². The standard InChI is InChI=1S/C14H14ClN3O2S2/c1-7-5-8(2)11(9(15)6-7)16-13-17-18-14(22-13)21-10-3-4-20-12(10)19/h5-6,10H,3-4H2,1-2H3,(H,16,17). The van der Waals surface area contributed by atoms with Gasteiger partial charge in [0, 0.05) is 6.42 Å². The summed E-state index contributed by atoms with van der Waals surface area (Å²) in [6.45, 7) is 4.48. The number of cyclic esters (lactones) is 1. The summed E-state index contributed by atoms with van der Waals surface area (Å²) in [6, 6.07) is 3.96. The second-order valence-electron chi connectivity index (χ2n) is 5.00. The fraction of sp³-hybridized carbons (Fsp3) is 0.357. The van der Waals surface area contributed by atoms with Crippen LogP contribution in [0.2, 0.25) is 5.02 Å². The monoisotopic (exact) mass is 355 g/mol. The number of hydrogen-bond donors (Lipinski definition) is 1. The van der Waals surface area contributed by atoms with Crippen LogP contribution in [-0.4, -0.2) is 28.0 Å². The van der Waals surface area contributed by atoms with E-state index in [1.54, 1.807) is 0 Å². The van der Waals surface area contributed by atoms with Gasteiger partial charge in [0.15, 0.2) is 4.34 Å². The molecule has 0 amide bonds. The molecule has 1 atom stereocenters. The lowest BCUT2D eigenvalue weighted by Crippen LogP contribution is -2.08. The van der Waals surface area contributed by atoms with Gasteiger partial charge in [0.2, 0.25) is 5.13 Å². The molecule has 1 aromatic carbocycles. The van der Waals surface area contributed by atoms with Crippen LogP contribution in [0.4, 0.5) is 10.8 Å². The second kappa shape index (κ2) is 6.44. The van der Waals surface area contributed by atoms with Gasteiger partial charge in [0.1, 0.15) is 5.25 Å². The minimum atomic E-state index is -0.175. The topological polar surface area (TPSA) is 64.1 Å². The maximum Gasteiger partial charge on any atom is 0.319 e. The highest BCUT2D eigenvalue weighted by atomic mass is 35.5. The van der Waals surface area contributed by atoms with Crippen LogP contribution in [0, 0.1) is 13.8 Å². The molecule has 8 heteroatoms. The molecule has 1 saturated heterocycles. The molecule has 22 heavy (non-hydrogen) atoms. The summed E-state index contributed by atoms with van der Waals surface area (Å²) >= 11 is 9.08. The van der Waals surface area contributed by atoms with Crippen molar-refractivity contribution in [3.05, 3.63) is 28.3 Å². The zero-order chi connectivity index (χ0) is 15.7. The first-order chi connectivity index (χ1) is 10.5. The third-order valence-electron chi connectivity index (χ3n) is 3.20. The number of aromatic nitrogens is 2. The van der Waals surface area contributed by atoms with E-state index in [1.807, 2.05) is 19.9 Å². The Hall–Kier alpha value is -1.31. The molecule has 0 saturated carbocycles. The fourth-order valence-corrected chi connectivity index (χ4v) is 4.53. The SMILES string of the molecule is Cc1cc(C)c(Nc2nnc(SC3CCOC3=O)s2)c(Cl)c1. The number of thioether (sulfide) groups is 1. The van der Waals surface area contributed by atoms with Gasteiger partial charge in [-0.05, 0) is 31.0 Å². The Kier molecular flexibility index (Phi) is 4.56. The molecular weight excluding hydrogens is 342 g/mol. The summed E-state index contributed by atoms with van der Waals surface area (Å²) in [7, 11) is 0. The molecule has 0 spiro atoms. The van der Waals surface area contributed by atoms with Gasteiger partial charge in [-0.15, -0.1) is 10.2 Å². The van der Waals surface area contributed by atoms with Crippen molar-refractivity contribution in [1.82, 2.24) is 10.2 Å². The molecule has 1 fully saturated rings. The lowest BCUT2D eigenvalue weighted by Gasteiger charge is -2.09. The van der Waals surface area contributed by atoms with E-state index in [4.69, 9.17) is 16.3 Å². The average molecular weight is 356 g/mol. The number of anilines is 2. The molecule has 1 unspecified atom stereocenters. The Morgan fingerprint density at radius 3 is 2.91 bits per heavy atom. The minimum Gasteiger partial charge on any atom is -0.465 e. The van der Waals surface area contributed by atoms with Gasteiger partial charge in [-0.3, -0.25) is 4.79 Å². The van der Waals surface area contributed by atoms with E-state index in [-0.39, 0.29) is 11.2 Å². The number of carbonyl (C=O) groups is 1. The number of ether oxygens (including phenoxy) is 1. The quantitative estimate of drug-likeness (QED) is 0.837. The lowest BCUT2D eigenvalue weighted by molar-refractivity contribution is -0.137. The zero-order valence-corrected chi connectivity index (χ0v) is 14.4. The molecule has 2 heterocycles. The largest absolute Gasteiger partial charge is 0.465 e. The lowest BCUT2D eigenvalue weighted by atomic mass is 10.1. The van der Waals surface area contributed by atoms with E-state index in [9.17, 15) is 4.79 Å². The Morgan fingerprint density at radius 1 is 1.41 bits per heavy atom. The predicted molar refractivity (Wildman–Crippen MR) is 89.3 cm³/mol. The van der Waals surface area contributed by atoms with E-state index in [2.05, 4.69) is 21.6 Å². The van der Waals surface area contributed by atoms with Crippen molar-refractivity contribution in [1.29, 1.82) is 0 Å². The molecule has 116 valence electrons. The van der Waals surface area contributed by atoms with Crippen molar-refractivity contribution in [2.75, 3.05) is 11.9 Å². The number of nitrogens with one attached hydrogen (secondary N) is 1. The van der Waals surface area contributed by atoms with Crippen LogP contribution in [-0.2, 0) is 9.53 Å². The zero-order valence-electron chi connectivity index (χ0n) is 12.1. The molecule has 1 aliphatic rings. The number of carbonyl (C=O) groups excluding carboxylic acids is 1. The van der Waals surface area contributed by atoms with Crippen molar-refractivity contribution < 1.29 is 9.53 Å². The van der Waals surface area contributed by atoms with E-state index in [0.717, 1.165) is 27.6 Å². The van der Waals surface area contributed by atoms with Crippen molar-refractivity contribution >= 4 is 51.5 Å². The number of nitrogens with zero attached hydrogens (tertiary/aromatic N) is 2.